The normalized spacial score (nSPS) is 10.8. The van der Waals surface area contributed by atoms with Crippen LogP contribution in [0.4, 0.5) is 0 Å². The lowest BCUT2D eigenvalue weighted by Crippen LogP contribution is -2.24. The van der Waals surface area contributed by atoms with Crippen LogP contribution in [-0.2, 0) is 4.79 Å². The molecule has 0 fully saturated rings. The van der Waals surface area contributed by atoms with E-state index in [4.69, 9.17) is 4.74 Å². The van der Waals surface area contributed by atoms with E-state index in [1.54, 1.807) is 0 Å². The summed E-state index contributed by atoms with van der Waals surface area (Å²) in [5, 5.41) is 22.5. The summed E-state index contributed by atoms with van der Waals surface area (Å²) < 4.78 is 6.29. The molecule has 1 amide bonds. The molecule has 0 saturated heterocycles. The first-order valence-electron chi connectivity index (χ1n) is 7.10. The molecule has 0 radical (unpaired) electrons. The van der Waals surface area contributed by atoms with Crippen molar-refractivity contribution in [2.45, 2.75) is 13.8 Å². The standard InChI is InChI=1S/C17H17BrN2O4/c1-10-5-11(2)17(14(18)6-10)24-9-16(23)20-19-8-12-3-4-13(21)7-15(12)22/h3-8,21-22H,9H2,1-2H3,(H,20,23). The van der Waals surface area contributed by atoms with E-state index >= 15 is 0 Å². The average Bonchev–Trinajstić information content (AvgIpc) is 2.48. The van der Waals surface area contributed by atoms with Crippen molar-refractivity contribution in [3.8, 4) is 17.2 Å². The van der Waals surface area contributed by atoms with Gasteiger partial charge in [0.1, 0.15) is 17.2 Å². The average molecular weight is 393 g/mol. The lowest BCUT2D eigenvalue weighted by Gasteiger charge is -2.11. The van der Waals surface area contributed by atoms with Crippen LogP contribution in [0.2, 0.25) is 0 Å². The van der Waals surface area contributed by atoms with Crippen molar-refractivity contribution >= 4 is 28.1 Å². The molecule has 0 atom stereocenters. The predicted octanol–water partition coefficient (Wildman–Crippen LogP) is 3.01. The number of phenolic OH excluding ortho intramolecular Hbond substituents is 2. The number of carbonyl (C=O) groups is 1. The fourth-order valence-corrected chi connectivity index (χ4v) is 2.86. The highest BCUT2D eigenvalue weighted by Crippen LogP contribution is 2.30. The molecule has 3 N–H and O–H groups in total. The van der Waals surface area contributed by atoms with Gasteiger partial charge in [-0.05, 0) is 59.1 Å². The minimum Gasteiger partial charge on any atom is -0.508 e. The number of nitrogens with one attached hydrogen (secondary N) is 1. The third-order valence-electron chi connectivity index (χ3n) is 3.13. The van der Waals surface area contributed by atoms with E-state index < -0.39 is 5.91 Å². The molecule has 0 aliphatic carbocycles. The molecule has 0 aromatic heterocycles. The van der Waals surface area contributed by atoms with Gasteiger partial charge in [-0.2, -0.15) is 5.10 Å². The molecule has 2 aromatic rings. The third kappa shape index (κ3) is 4.73. The second kappa shape index (κ2) is 7.83. The smallest absolute Gasteiger partial charge is 0.277 e. The zero-order valence-corrected chi connectivity index (χ0v) is 14.8. The van der Waals surface area contributed by atoms with Crippen LogP contribution in [0.5, 0.6) is 17.2 Å². The van der Waals surface area contributed by atoms with Crippen LogP contribution in [0.25, 0.3) is 0 Å². The number of halogens is 1. The van der Waals surface area contributed by atoms with Crippen molar-refractivity contribution < 1.29 is 19.7 Å². The van der Waals surface area contributed by atoms with Crippen LogP contribution in [0.15, 0.2) is 39.9 Å². The molecule has 2 rings (SSSR count). The van der Waals surface area contributed by atoms with Gasteiger partial charge < -0.3 is 14.9 Å². The topological polar surface area (TPSA) is 91.2 Å². The fraction of sp³-hybridized carbons (Fsp3) is 0.176. The molecule has 6 nitrogen and oxygen atoms in total. The molecule has 7 heteroatoms. The molecule has 0 heterocycles. The van der Waals surface area contributed by atoms with Crippen molar-refractivity contribution in [2.75, 3.05) is 6.61 Å². The van der Waals surface area contributed by atoms with Crippen LogP contribution in [0.3, 0.4) is 0 Å². The van der Waals surface area contributed by atoms with Crippen molar-refractivity contribution in [1.29, 1.82) is 0 Å². The summed E-state index contributed by atoms with van der Waals surface area (Å²) in [6, 6.07) is 7.94. The Bertz CT molecular complexity index is 767. The number of hydrogen-bond donors (Lipinski definition) is 3. The van der Waals surface area contributed by atoms with Crippen LogP contribution in [0.1, 0.15) is 16.7 Å². The number of amides is 1. The maximum absolute atomic E-state index is 11.8. The first kappa shape index (κ1) is 17.8. The van der Waals surface area contributed by atoms with Gasteiger partial charge in [-0.15, -0.1) is 0 Å². The Labute approximate surface area is 147 Å². The predicted molar refractivity (Wildman–Crippen MR) is 94.6 cm³/mol. The van der Waals surface area contributed by atoms with Gasteiger partial charge in [0, 0.05) is 11.6 Å². The summed E-state index contributed by atoms with van der Waals surface area (Å²) in [6.45, 7) is 3.68. The highest BCUT2D eigenvalue weighted by atomic mass is 79.9. The zero-order chi connectivity index (χ0) is 17.7. The SMILES string of the molecule is Cc1cc(C)c(OCC(=O)NN=Cc2ccc(O)cc2O)c(Br)c1. The Balaban J connectivity index is 1.91. The van der Waals surface area contributed by atoms with Gasteiger partial charge in [-0.25, -0.2) is 5.43 Å². The summed E-state index contributed by atoms with van der Waals surface area (Å²) in [5.74, 6) is -0.0168. The monoisotopic (exact) mass is 392 g/mol. The van der Waals surface area contributed by atoms with Gasteiger partial charge in [-0.1, -0.05) is 6.07 Å². The molecule has 24 heavy (non-hydrogen) atoms. The number of hydrogen-bond acceptors (Lipinski definition) is 5. The number of aryl methyl sites for hydroxylation is 2. The first-order chi connectivity index (χ1) is 11.4. The quantitative estimate of drug-likeness (QED) is 0.538. The summed E-state index contributed by atoms with van der Waals surface area (Å²) in [7, 11) is 0. The molecular weight excluding hydrogens is 376 g/mol. The van der Waals surface area contributed by atoms with Crippen molar-refractivity contribution in [2.24, 2.45) is 5.10 Å². The third-order valence-corrected chi connectivity index (χ3v) is 3.72. The maximum atomic E-state index is 11.8. The van der Waals surface area contributed by atoms with Gasteiger partial charge in [0.15, 0.2) is 6.61 Å². The molecule has 0 unspecified atom stereocenters. The number of nitrogens with zero attached hydrogens (tertiary/aromatic N) is 1. The highest BCUT2D eigenvalue weighted by molar-refractivity contribution is 9.10. The van der Waals surface area contributed by atoms with E-state index in [2.05, 4.69) is 26.5 Å². The number of carbonyl (C=O) groups excluding carboxylic acids is 1. The van der Waals surface area contributed by atoms with Crippen LogP contribution < -0.4 is 10.2 Å². The number of phenols is 2. The summed E-state index contributed by atoms with van der Waals surface area (Å²) in [5.41, 5.74) is 4.69. The van der Waals surface area contributed by atoms with E-state index in [0.717, 1.165) is 15.6 Å². The zero-order valence-electron chi connectivity index (χ0n) is 13.2. The van der Waals surface area contributed by atoms with Crippen LogP contribution in [0, 0.1) is 13.8 Å². The lowest BCUT2D eigenvalue weighted by atomic mass is 10.1. The van der Waals surface area contributed by atoms with Gasteiger partial charge in [-0.3, -0.25) is 4.79 Å². The second-order valence-electron chi connectivity index (χ2n) is 5.22. The lowest BCUT2D eigenvalue weighted by molar-refractivity contribution is -0.123. The Kier molecular flexibility index (Phi) is 5.81. The summed E-state index contributed by atoms with van der Waals surface area (Å²) in [6.07, 6.45) is 1.28. The summed E-state index contributed by atoms with van der Waals surface area (Å²) in [4.78, 5) is 11.8. The van der Waals surface area contributed by atoms with Gasteiger partial charge in [0.05, 0.1) is 10.7 Å². The van der Waals surface area contributed by atoms with Gasteiger partial charge in [0.25, 0.3) is 5.91 Å². The van der Waals surface area contributed by atoms with E-state index in [0.29, 0.717) is 11.3 Å². The minimum atomic E-state index is -0.434. The molecule has 2 aromatic carbocycles. The minimum absolute atomic E-state index is 0.0545. The molecular formula is C17H17BrN2O4. The molecule has 0 spiro atoms. The Morgan fingerprint density at radius 3 is 2.71 bits per heavy atom. The molecule has 0 aliphatic heterocycles. The van der Waals surface area contributed by atoms with E-state index in [9.17, 15) is 15.0 Å². The maximum Gasteiger partial charge on any atom is 0.277 e. The van der Waals surface area contributed by atoms with Crippen LogP contribution >= 0.6 is 15.9 Å². The van der Waals surface area contributed by atoms with Crippen LogP contribution in [-0.4, -0.2) is 28.9 Å². The fourth-order valence-electron chi connectivity index (χ4n) is 2.07. The largest absolute Gasteiger partial charge is 0.508 e. The van der Waals surface area contributed by atoms with E-state index in [1.807, 2.05) is 26.0 Å². The molecule has 0 bridgehead atoms. The van der Waals surface area contributed by atoms with E-state index in [1.165, 1.54) is 24.4 Å². The molecule has 126 valence electrons. The number of aromatic hydroxyl groups is 2. The summed E-state index contributed by atoms with van der Waals surface area (Å²) >= 11 is 3.41. The van der Waals surface area contributed by atoms with E-state index in [-0.39, 0.29) is 18.1 Å². The number of rotatable bonds is 5. The van der Waals surface area contributed by atoms with Crippen molar-refractivity contribution in [3.63, 3.8) is 0 Å². The first-order valence-corrected chi connectivity index (χ1v) is 7.89. The number of ether oxygens (including phenoxy) is 1. The molecule has 0 saturated carbocycles. The molecule has 0 aliphatic rings. The van der Waals surface area contributed by atoms with Gasteiger partial charge in [0.2, 0.25) is 0 Å². The number of hydrazone groups is 1. The van der Waals surface area contributed by atoms with Crippen molar-refractivity contribution in [3.05, 3.63) is 51.5 Å². The Morgan fingerprint density at radius 1 is 1.29 bits per heavy atom. The second-order valence-corrected chi connectivity index (χ2v) is 6.07. The Morgan fingerprint density at radius 2 is 2.04 bits per heavy atom. The number of benzene rings is 2. The highest BCUT2D eigenvalue weighted by Gasteiger charge is 2.09. The van der Waals surface area contributed by atoms with Crippen molar-refractivity contribution in [1.82, 2.24) is 5.43 Å². The Hall–Kier alpha value is -2.54. The van der Waals surface area contributed by atoms with Gasteiger partial charge >= 0.3 is 0 Å².